The molecule has 0 radical (unpaired) electrons. The lowest BCUT2D eigenvalue weighted by Gasteiger charge is -2.34. The molecule has 1 heterocycles. The molecule has 0 saturated heterocycles. The number of anilines is 1. The molecule has 2 atom stereocenters. The van der Waals surface area contributed by atoms with E-state index in [1.54, 1.807) is 18.2 Å². The first-order valence-corrected chi connectivity index (χ1v) is 6.60. The third-order valence-electron chi connectivity index (χ3n) is 3.30. The summed E-state index contributed by atoms with van der Waals surface area (Å²) in [5.74, 6) is -0.436. The van der Waals surface area contributed by atoms with Gasteiger partial charge in [0.05, 0.1) is 16.8 Å². The van der Waals surface area contributed by atoms with Crippen molar-refractivity contribution in [2.24, 2.45) is 0 Å². The van der Waals surface area contributed by atoms with E-state index in [9.17, 15) is 8.78 Å². The standard InChI is InChI=1S/C15H12ClF2NO/c1-8-14(10-4-2-3-5-12(10)18)20-15-11(16)6-9(17)7-13(15)19-8/h2-8,14,19H,1H3. The van der Waals surface area contributed by atoms with Crippen LogP contribution in [0.1, 0.15) is 18.6 Å². The van der Waals surface area contributed by atoms with Crippen molar-refractivity contribution in [2.45, 2.75) is 19.1 Å². The number of rotatable bonds is 1. The lowest BCUT2D eigenvalue weighted by molar-refractivity contribution is 0.173. The van der Waals surface area contributed by atoms with Crippen molar-refractivity contribution in [3.63, 3.8) is 0 Å². The summed E-state index contributed by atoms with van der Waals surface area (Å²) in [4.78, 5) is 0. The van der Waals surface area contributed by atoms with Gasteiger partial charge in [0.1, 0.15) is 17.7 Å². The topological polar surface area (TPSA) is 21.3 Å². The molecule has 5 heteroatoms. The van der Waals surface area contributed by atoms with Gasteiger partial charge in [-0.1, -0.05) is 29.8 Å². The molecule has 0 fully saturated rings. The van der Waals surface area contributed by atoms with E-state index in [2.05, 4.69) is 5.32 Å². The number of nitrogens with one attached hydrogen (secondary N) is 1. The van der Waals surface area contributed by atoms with E-state index in [0.717, 1.165) is 0 Å². The molecule has 0 aromatic heterocycles. The van der Waals surface area contributed by atoms with Crippen LogP contribution in [0.4, 0.5) is 14.5 Å². The predicted octanol–water partition coefficient (Wildman–Crippen LogP) is 4.55. The van der Waals surface area contributed by atoms with Crippen LogP contribution in [-0.4, -0.2) is 6.04 Å². The van der Waals surface area contributed by atoms with E-state index in [4.69, 9.17) is 16.3 Å². The Balaban J connectivity index is 2.03. The second kappa shape index (κ2) is 4.94. The number of ether oxygens (including phenoxy) is 1. The highest BCUT2D eigenvalue weighted by Crippen LogP contribution is 2.42. The Bertz CT molecular complexity index is 662. The third-order valence-corrected chi connectivity index (χ3v) is 3.58. The Morgan fingerprint density at radius 2 is 1.95 bits per heavy atom. The largest absolute Gasteiger partial charge is 0.480 e. The molecular formula is C15H12ClF2NO. The minimum Gasteiger partial charge on any atom is -0.480 e. The smallest absolute Gasteiger partial charge is 0.162 e. The van der Waals surface area contributed by atoms with Gasteiger partial charge in [0, 0.05) is 11.6 Å². The van der Waals surface area contributed by atoms with Crippen LogP contribution >= 0.6 is 11.6 Å². The highest BCUT2D eigenvalue weighted by Gasteiger charge is 2.31. The van der Waals surface area contributed by atoms with Crippen molar-refractivity contribution in [3.05, 3.63) is 58.6 Å². The van der Waals surface area contributed by atoms with Crippen LogP contribution in [0.15, 0.2) is 36.4 Å². The fraction of sp³-hybridized carbons (Fsp3) is 0.200. The summed E-state index contributed by atoms with van der Waals surface area (Å²) >= 11 is 5.99. The zero-order valence-electron chi connectivity index (χ0n) is 10.7. The molecule has 0 aliphatic carbocycles. The maximum Gasteiger partial charge on any atom is 0.162 e. The van der Waals surface area contributed by atoms with Gasteiger partial charge in [0.2, 0.25) is 0 Å². The first-order chi connectivity index (χ1) is 9.56. The fourth-order valence-corrected chi connectivity index (χ4v) is 2.63. The Hall–Kier alpha value is -1.81. The fourth-order valence-electron chi connectivity index (χ4n) is 2.38. The Morgan fingerprint density at radius 1 is 1.20 bits per heavy atom. The van der Waals surface area contributed by atoms with Gasteiger partial charge in [-0.3, -0.25) is 0 Å². The highest BCUT2D eigenvalue weighted by atomic mass is 35.5. The van der Waals surface area contributed by atoms with Crippen LogP contribution in [0.25, 0.3) is 0 Å². The second-order valence-corrected chi connectivity index (χ2v) is 5.16. The molecule has 1 N–H and O–H groups in total. The summed E-state index contributed by atoms with van der Waals surface area (Å²) in [5.41, 5.74) is 0.925. The Kier molecular flexibility index (Phi) is 3.26. The summed E-state index contributed by atoms with van der Waals surface area (Å²) in [6, 6.07) is 8.70. The molecule has 1 aliphatic rings. The highest BCUT2D eigenvalue weighted by molar-refractivity contribution is 6.32. The Labute approximate surface area is 120 Å². The van der Waals surface area contributed by atoms with E-state index in [0.29, 0.717) is 17.0 Å². The zero-order valence-corrected chi connectivity index (χ0v) is 11.4. The average molecular weight is 296 g/mol. The van der Waals surface area contributed by atoms with Crippen LogP contribution in [0.2, 0.25) is 5.02 Å². The van der Waals surface area contributed by atoms with Crippen molar-refractivity contribution in [1.29, 1.82) is 0 Å². The van der Waals surface area contributed by atoms with Crippen LogP contribution in [0.5, 0.6) is 5.75 Å². The molecule has 20 heavy (non-hydrogen) atoms. The van der Waals surface area contributed by atoms with Gasteiger partial charge in [0.25, 0.3) is 0 Å². The zero-order chi connectivity index (χ0) is 14.3. The van der Waals surface area contributed by atoms with Crippen molar-refractivity contribution in [1.82, 2.24) is 0 Å². The van der Waals surface area contributed by atoms with Gasteiger partial charge < -0.3 is 10.1 Å². The SMILES string of the molecule is CC1Nc2cc(F)cc(Cl)c2OC1c1ccccc1F. The van der Waals surface area contributed by atoms with Gasteiger partial charge in [0.15, 0.2) is 5.75 Å². The lowest BCUT2D eigenvalue weighted by atomic mass is 10.0. The molecule has 0 bridgehead atoms. The van der Waals surface area contributed by atoms with Crippen molar-refractivity contribution >= 4 is 17.3 Å². The predicted molar refractivity (Wildman–Crippen MR) is 74.3 cm³/mol. The molecule has 0 saturated carbocycles. The quantitative estimate of drug-likeness (QED) is 0.833. The molecule has 3 rings (SSSR count). The minimum atomic E-state index is -0.522. The molecule has 2 nitrogen and oxygen atoms in total. The first-order valence-electron chi connectivity index (χ1n) is 6.23. The van der Waals surface area contributed by atoms with E-state index in [-0.39, 0.29) is 16.9 Å². The maximum atomic E-state index is 13.9. The molecule has 0 spiro atoms. The minimum absolute atomic E-state index is 0.167. The van der Waals surface area contributed by atoms with Crippen LogP contribution in [-0.2, 0) is 0 Å². The van der Waals surface area contributed by atoms with Gasteiger partial charge >= 0.3 is 0 Å². The number of hydrogen-bond acceptors (Lipinski definition) is 2. The summed E-state index contributed by atoms with van der Waals surface area (Å²) in [7, 11) is 0. The van der Waals surface area contributed by atoms with Crippen LogP contribution in [0, 0.1) is 11.6 Å². The lowest BCUT2D eigenvalue weighted by Crippen LogP contribution is -2.33. The number of hydrogen-bond donors (Lipinski definition) is 1. The number of halogens is 3. The van der Waals surface area contributed by atoms with Crippen molar-refractivity contribution in [3.8, 4) is 5.75 Å². The monoisotopic (exact) mass is 295 g/mol. The van der Waals surface area contributed by atoms with Gasteiger partial charge in [-0.05, 0) is 19.1 Å². The van der Waals surface area contributed by atoms with Crippen LogP contribution < -0.4 is 10.1 Å². The van der Waals surface area contributed by atoms with Gasteiger partial charge in [-0.2, -0.15) is 0 Å². The summed E-state index contributed by atoms with van der Waals surface area (Å²) in [6.07, 6.45) is -0.522. The number of fused-ring (bicyclic) bond motifs is 1. The second-order valence-electron chi connectivity index (χ2n) is 4.76. The van der Waals surface area contributed by atoms with Crippen molar-refractivity contribution < 1.29 is 13.5 Å². The molecular weight excluding hydrogens is 284 g/mol. The third kappa shape index (κ3) is 2.20. The normalized spacial score (nSPS) is 20.8. The average Bonchev–Trinajstić information content (AvgIpc) is 2.39. The van der Waals surface area contributed by atoms with E-state index in [1.165, 1.54) is 18.2 Å². The maximum absolute atomic E-state index is 13.9. The van der Waals surface area contributed by atoms with Crippen molar-refractivity contribution in [2.75, 3.05) is 5.32 Å². The molecule has 0 amide bonds. The molecule has 2 aromatic carbocycles. The Morgan fingerprint density at radius 3 is 2.70 bits per heavy atom. The number of benzene rings is 2. The molecule has 104 valence electrons. The van der Waals surface area contributed by atoms with Gasteiger partial charge in [-0.15, -0.1) is 0 Å². The van der Waals surface area contributed by atoms with E-state index in [1.807, 2.05) is 6.92 Å². The van der Waals surface area contributed by atoms with E-state index < -0.39 is 11.9 Å². The van der Waals surface area contributed by atoms with Gasteiger partial charge in [-0.25, -0.2) is 8.78 Å². The summed E-state index contributed by atoms with van der Waals surface area (Å²) in [5, 5.41) is 3.27. The van der Waals surface area contributed by atoms with E-state index >= 15 is 0 Å². The summed E-state index contributed by atoms with van der Waals surface area (Å²) in [6.45, 7) is 1.85. The molecule has 2 aromatic rings. The summed E-state index contributed by atoms with van der Waals surface area (Å²) < 4.78 is 33.0. The first kappa shape index (κ1) is 13.2. The van der Waals surface area contributed by atoms with Crippen LogP contribution in [0.3, 0.4) is 0 Å². The molecule has 2 unspecified atom stereocenters. The molecule has 1 aliphatic heterocycles.